The number of nitrogens with two attached hydrogens (primary N) is 1. The van der Waals surface area contributed by atoms with Crippen molar-refractivity contribution in [1.82, 2.24) is 4.98 Å². The van der Waals surface area contributed by atoms with Crippen molar-refractivity contribution in [3.63, 3.8) is 0 Å². The molecule has 1 heterocycles. The van der Waals surface area contributed by atoms with Gasteiger partial charge in [0.05, 0.1) is 0 Å². The summed E-state index contributed by atoms with van der Waals surface area (Å²) in [6.07, 6.45) is 1.92. The van der Waals surface area contributed by atoms with Crippen molar-refractivity contribution in [2.45, 2.75) is 25.7 Å². The second-order valence-electron chi connectivity index (χ2n) is 3.81. The average Bonchev–Trinajstić information content (AvgIpc) is 2.58. The highest BCUT2D eigenvalue weighted by Gasteiger charge is 2.24. The Morgan fingerprint density at radius 2 is 2.47 bits per heavy atom. The van der Waals surface area contributed by atoms with Crippen molar-refractivity contribution < 1.29 is 9.90 Å². The van der Waals surface area contributed by atoms with Gasteiger partial charge in [-0.3, -0.25) is 0 Å². The Morgan fingerprint density at radius 1 is 1.73 bits per heavy atom. The van der Waals surface area contributed by atoms with Crippen molar-refractivity contribution in [3.05, 3.63) is 22.9 Å². The number of nitrogens with zero attached hydrogens (tertiary/aromatic N) is 1. The smallest absolute Gasteiger partial charge is 0.339 e. The number of nitrogen functional groups attached to an aromatic ring is 1. The first-order valence-corrected chi connectivity index (χ1v) is 4.87. The van der Waals surface area contributed by atoms with Crippen LogP contribution in [0.1, 0.15) is 40.9 Å². The van der Waals surface area contributed by atoms with Crippen molar-refractivity contribution in [3.8, 4) is 0 Å². The van der Waals surface area contributed by atoms with Gasteiger partial charge in [-0.25, -0.2) is 15.6 Å². The van der Waals surface area contributed by atoms with Crippen LogP contribution in [-0.4, -0.2) is 16.1 Å². The predicted octanol–water partition coefficient (Wildman–Crippen LogP) is 1.12. The number of fused-ring (bicyclic) bond motifs is 1. The van der Waals surface area contributed by atoms with Crippen molar-refractivity contribution >= 4 is 11.8 Å². The average molecular weight is 207 g/mol. The van der Waals surface area contributed by atoms with Gasteiger partial charge in [0.2, 0.25) is 0 Å². The number of pyridine rings is 1. The van der Waals surface area contributed by atoms with Gasteiger partial charge >= 0.3 is 5.97 Å². The van der Waals surface area contributed by atoms with E-state index in [-0.39, 0.29) is 11.4 Å². The van der Waals surface area contributed by atoms with Crippen molar-refractivity contribution in [1.29, 1.82) is 0 Å². The van der Waals surface area contributed by atoms with E-state index in [1.807, 2.05) is 0 Å². The minimum Gasteiger partial charge on any atom is -0.478 e. The van der Waals surface area contributed by atoms with E-state index in [1.165, 1.54) is 0 Å². The number of carboxylic acid groups (broad SMARTS) is 1. The van der Waals surface area contributed by atoms with Gasteiger partial charge in [-0.15, -0.1) is 0 Å². The lowest BCUT2D eigenvalue weighted by molar-refractivity contribution is 0.0697. The van der Waals surface area contributed by atoms with E-state index < -0.39 is 5.97 Å². The summed E-state index contributed by atoms with van der Waals surface area (Å²) in [7, 11) is 0. The molecule has 0 radical (unpaired) electrons. The molecule has 2 rings (SSSR count). The highest BCUT2D eigenvalue weighted by Crippen LogP contribution is 2.33. The van der Waals surface area contributed by atoms with Crippen LogP contribution in [0, 0.1) is 0 Å². The first kappa shape index (κ1) is 9.92. The van der Waals surface area contributed by atoms with Gasteiger partial charge in [0.25, 0.3) is 0 Å². The summed E-state index contributed by atoms with van der Waals surface area (Å²) in [5, 5.41) is 8.98. The minimum absolute atomic E-state index is 0.144. The number of anilines is 1. The monoisotopic (exact) mass is 207 g/mol. The summed E-state index contributed by atoms with van der Waals surface area (Å²) in [4.78, 5) is 15.2. The minimum atomic E-state index is -1.00. The molecular weight excluding hydrogens is 194 g/mol. The van der Waals surface area contributed by atoms with Crippen molar-refractivity contribution in [2.75, 3.05) is 5.43 Å². The molecular formula is C10H13N3O2. The molecule has 1 aliphatic carbocycles. The lowest BCUT2D eigenvalue weighted by Crippen LogP contribution is -2.15. The number of hydrogen-bond donors (Lipinski definition) is 3. The summed E-state index contributed by atoms with van der Waals surface area (Å²) in [5.41, 5.74) is 4.47. The normalized spacial score (nSPS) is 18.7. The zero-order valence-corrected chi connectivity index (χ0v) is 8.45. The van der Waals surface area contributed by atoms with Crippen LogP contribution in [-0.2, 0) is 6.42 Å². The number of aromatic carboxylic acids is 1. The molecule has 0 bridgehead atoms. The Morgan fingerprint density at radius 3 is 3.07 bits per heavy atom. The zero-order valence-electron chi connectivity index (χ0n) is 8.45. The first-order chi connectivity index (χ1) is 7.13. The molecule has 0 aliphatic heterocycles. The molecule has 0 fully saturated rings. The van der Waals surface area contributed by atoms with Crippen LogP contribution in [0.15, 0.2) is 6.07 Å². The van der Waals surface area contributed by atoms with E-state index in [0.29, 0.717) is 5.92 Å². The van der Waals surface area contributed by atoms with Crippen LogP contribution in [0.5, 0.6) is 0 Å². The van der Waals surface area contributed by atoms with Gasteiger partial charge in [0.1, 0.15) is 5.56 Å². The van der Waals surface area contributed by atoms with E-state index in [1.54, 1.807) is 6.07 Å². The molecule has 0 unspecified atom stereocenters. The Hall–Kier alpha value is -1.62. The lowest BCUT2D eigenvalue weighted by atomic mass is 10.0. The van der Waals surface area contributed by atoms with Crippen LogP contribution in [0.4, 0.5) is 5.82 Å². The molecule has 5 nitrogen and oxygen atoms in total. The van der Waals surface area contributed by atoms with Crippen LogP contribution in [0.3, 0.4) is 0 Å². The molecule has 0 amide bonds. The largest absolute Gasteiger partial charge is 0.478 e. The molecule has 1 atom stereocenters. The van der Waals surface area contributed by atoms with Gasteiger partial charge < -0.3 is 10.5 Å². The molecule has 0 saturated heterocycles. The quantitative estimate of drug-likeness (QED) is 0.499. The standard InChI is InChI=1S/C10H13N3O2/c1-5-2-3-8-6(5)4-7(10(14)15)9(12-8)13-11/h4-5H,2-3,11H2,1H3,(H,12,13)(H,14,15)/t5-/m0/s1. The Bertz CT molecular complexity index is 417. The Balaban J connectivity index is 2.56. The molecule has 15 heavy (non-hydrogen) atoms. The van der Waals surface area contributed by atoms with Crippen LogP contribution in [0.25, 0.3) is 0 Å². The molecule has 0 aromatic carbocycles. The predicted molar refractivity (Wildman–Crippen MR) is 55.7 cm³/mol. The fourth-order valence-corrected chi connectivity index (χ4v) is 1.98. The molecule has 0 spiro atoms. The van der Waals surface area contributed by atoms with Gasteiger partial charge in [-0.1, -0.05) is 6.92 Å². The molecule has 1 aliphatic rings. The highest BCUT2D eigenvalue weighted by molar-refractivity contribution is 5.93. The molecule has 1 aromatic heterocycles. The summed E-state index contributed by atoms with van der Waals surface area (Å²) < 4.78 is 0. The van der Waals surface area contributed by atoms with Crippen molar-refractivity contribution in [2.24, 2.45) is 5.84 Å². The lowest BCUT2D eigenvalue weighted by Gasteiger charge is -2.09. The Kier molecular flexibility index (Phi) is 2.32. The summed E-state index contributed by atoms with van der Waals surface area (Å²) >= 11 is 0. The van der Waals surface area contributed by atoms with E-state index in [2.05, 4.69) is 17.3 Å². The maximum Gasteiger partial charge on any atom is 0.339 e. The third-order valence-corrected chi connectivity index (χ3v) is 2.85. The fraction of sp³-hybridized carbons (Fsp3) is 0.400. The summed E-state index contributed by atoms with van der Waals surface area (Å²) in [6.45, 7) is 2.08. The van der Waals surface area contributed by atoms with E-state index >= 15 is 0 Å². The second-order valence-corrected chi connectivity index (χ2v) is 3.81. The topological polar surface area (TPSA) is 88.2 Å². The van der Waals surface area contributed by atoms with E-state index in [0.717, 1.165) is 24.1 Å². The molecule has 1 aromatic rings. The molecule has 80 valence electrons. The van der Waals surface area contributed by atoms with Gasteiger partial charge in [0.15, 0.2) is 5.82 Å². The third-order valence-electron chi connectivity index (χ3n) is 2.85. The number of hydrogen-bond acceptors (Lipinski definition) is 4. The van der Waals surface area contributed by atoms with Crippen LogP contribution >= 0.6 is 0 Å². The van der Waals surface area contributed by atoms with Gasteiger partial charge in [-0.2, -0.15) is 0 Å². The molecule has 0 saturated carbocycles. The number of carboxylic acids is 1. The van der Waals surface area contributed by atoms with E-state index in [9.17, 15) is 4.79 Å². The van der Waals surface area contributed by atoms with Gasteiger partial charge in [-0.05, 0) is 30.4 Å². The highest BCUT2D eigenvalue weighted by atomic mass is 16.4. The summed E-state index contributed by atoms with van der Waals surface area (Å²) in [6, 6.07) is 1.68. The molecule has 5 heteroatoms. The fourth-order valence-electron chi connectivity index (χ4n) is 1.98. The maximum absolute atomic E-state index is 11.0. The zero-order chi connectivity index (χ0) is 11.0. The number of aryl methyl sites for hydroxylation is 1. The van der Waals surface area contributed by atoms with Gasteiger partial charge in [0, 0.05) is 5.69 Å². The van der Waals surface area contributed by atoms with E-state index in [4.69, 9.17) is 10.9 Å². The second kappa shape index (κ2) is 3.51. The van der Waals surface area contributed by atoms with Crippen LogP contribution in [0.2, 0.25) is 0 Å². The number of aromatic nitrogens is 1. The maximum atomic E-state index is 11.0. The van der Waals surface area contributed by atoms with Crippen LogP contribution < -0.4 is 11.3 Å². The first-order valence-electron chi connectivity index (χ1n) is 4.87. The number of nitrogens with one attached hydrogen (secondary N) is 1. The number of carbonyl (C=O) groups is 1. The number of hydrazine groups is 1. The Labute approximate surface area is 87.3 Å². The number of rotatable bonds is 2. The molecule has 4 N–H and O–H groups in total. The SMILES string of the molecule is C[C@H]1CCc2nc(NN)c(C(=O)O)cc21. The third kappa shape index (κ3) is 1.55. The summed E-state index contributed by atoms with van der Waals surface area (Å²) in [5.74, 6) is 4.87.